The summed E-state index contributed by atoms with van der Waals surface area (Å²) in [6.07, 6.45) is 5.63. The van der Waals surface area contributed by atoms with Gasteiger partial charge in [0.25, 0.3) is 0 Å². The van der Waals surface area contributed by atoms with E-state index in [4.69, 9.17) is 21.1 Å². The normalized spacial score (nSPS) is 21.2. The van der Waals surface area contributed by atoms with Crippen LogP contribution in [-0.2, 0) is 6.61 Å². The maximum absolute atomic E-state index is 6.56. The van der Waals surface area contributed by atoms with Crippen molar-refractivity contribution < 1.29 is 9.47 Å². The van der Waals surface area contributed by atoms with Crippen molar-refractivity contribution in [3.05, 3.63) is 99.0 Å². The monoisotopic (exact) mass is 495 g/mol. The molecule has 0 spiro atoms. The second kappa shape index (κ2) is 8.60. The Hall–Kier alpha value is -2.43. The van der Waals surface area contributed by atoms with Crippen LogP contribution in [0.15, 0.2) is 77.3 Å². The minimum absolute atomic E-state index is 0.126. The number of anilines is 1. The topological polar surface area (TPSA) is 30.5 Å². The third kappa shape index (κ3) is 3.83. The molecule has 1 aliphatic heterocycles. The number of hydrogen-bond donors (Lipinski definition) is 1. The van der Waals surface area contributed by atoms with Gasteiger partial charge >= 0.3 is 0 Å². The van der Waals surface area contributed by atoms with Gasteiger partial charge in [0.15, 0.2) is 11.5 Å². The summed E-state index contributed by atoms with van der Waals surface area (Å²) in [7, 11) is 1.68. The molecule has 5 heteroatoms. The van der Waals surface area contributed by atoms with Gasteiger partial charge in [-0.15, -0.1) is 0 Å². The molecule has 1 N–H and O–H groups in total. The predicted molar refractivity (Wildman–Crippen MR) is 129 cm³/mol. The molecular weight excluding hydrogens is 474 g/mol. The van der Waals surface area contributed by atoms with E-state index in [2.05, 4.69) is 63.7 Å². The third-order valence-electron chi connectivity index (χ3n) is 6.18. The van der Waals surface area contributed by atoms with Gasteiger partial charge in [-0.2, -0.15) is 0 Å². The lowest BCUT2D eigenvalue weighted by atomic mass is 9.77. The van der Waals surface area contributed by atoms with Crippen LogP contribution in [0.3, 0.4) is 0 Å². The lowest BCUT2D eigenvalue weighted by Crippen LogP contribution is -2.29. The van der Waals surface area contributed by atoms with Crippen LogP contribution in [0.4, 0.5) is 5.69 Å². The number of ether oxygens (including phenoxy) is 2. The SMILES string of the molecule is COc1cc([C@@H]2Nc3c(Cl)cccc3[C@@H]3C=CC[C@@H]32)cc(Br)c1OCc1ccccc1. The molecule has 0 saturated carbocycles. The molecule has 3 atom stereocenters. The van der Waals surface area contributed by atoms with Gasteiger partial charge in [-0.05, 0) is 63.2 Å². The Bertz CT molecular complexity index is 1130. The van der Waals surface area contributed by atoms with E-state index in [0.29, 0.717) is 24.2 Å². The number of nitrogens with one attached hydrogen (secondary N) is 1. The van der Waals surface area contributed by atoms with Gasteiger partial charge in [0, 0.05) is 5.92 Å². The molecule has 0 bridgehead atoms. The van der Waals surface area contributed by atoms with Crippen LogP contribution in [0.2, 0.25) is 5.02 Å². The minimum atomic E-state index is 0.126. The number of hydrogen-bond acceptors (Lipinski definition) is 3. The van der Waals surface area contributed by atoms with Crippen LogP contribution in [0.25, 0.3) is 0 Å². The van der Waals surface area contributed by atoms with Crippen molar-refractivity contribution in [2.75, 3.05) is 12.4 Å². The van der Waals surface area contributed by atoms with Crippen molar-refractivity contribution in [1.82, 2.24) is 0 Å². The third-order valence-corrected chi connectivity index (χ3v) is 7.09. The van der Waals surface area contributed by atoms with Crippen molar-refractivity contribution in [2.45, 2.75) is 25.0 Å². The Morgan fingerprint density at radius 3 is 2.74 bits per heavy atom. The predicted octanol–water partition coefficient (Wildman–Crippen LogP) is 7.52. The van der Waals surface area contributed by atoms with Gasteiger partial charge in [-0.25, -0.2) is 0 Å². The highest BCUT2D eigenvalue weighted by Crippen LogP contribution is 2.52. The van der Waals surface area contributed by atoms with Crippen LogP contribution in [-0.4, -0.2) is 7.11 Å². The van der Waals surface area contributed by atoms with Gasteiger partial charge in [-0.3, -0.25) is 0 Å². The van der Waals surface area contributed by atoms with Gasteiger partial charge in [0.05, 0.1) is 28.3 Å². The summed E-state index contributed by atoms with van der Waals surface area (Å²) in [6.45, 7) is 0.481. The fourth-order valence-electron chi connectivity index (χ4n) is 4.70. The second-order valence-electron chi connectivity index (χ2n) is 7.99. The zero-order chi connectivity index (χ0) is 21.4. The first-order chi connectivity index (χ1) is 15.2. The molecule has 0 amide bonds. The van der Waals surface area contributed by atoms with Crippen molar-refractivity contribution in [3.63, 3.8) is 0 Å². The summed E-state index contributed by atoms with van der Waals surface area (Å²) >= 11 is 10.3. The molecule has 158 valence electrons. The Morgan fingerprint density at radius 1 is 1.10 bits per heavy atom. The molecule has 2 aliphatic rings. The first kappa shape index (κ1) is 20.5. The molecule has 3 aromatic rings. The van der Waals surface area contributed by atoms with Gasteiger partial charge in [0.1, 0.15) is 6.61 Å². The average Bonchev–Trinajstić information content (AvgIpc) is 3.28. The summed E-state index contributed by atoms with van der Waals surface area (Å²) < 4.78 is 12.7. The van der Waals surface area contributed by atoms with E-state index in [1.807, 2.05) is 30.3 Å². The quantitative estimate of drug-likeness (QED) is 0.371. The Morgan fingerprint density at radius 2 is 1.94 bits per heavy atom. The molecule has 5 rings (SSSR count). The number of methoxy groups -OCH3 is 1. The molecule has 0 unspecified atom stereocenters. The standard InChI is InChI=1S/C26H23BrClNO2/c1-30-23-14-17(13-21(27)26(23)31-15-16-7-3-2-4-8-16)24-19-10-5-9-18(19)20-11-6-12-22(28)25(20)29-24/h2-9,11-14,18-19,24,29H,10,15H2,1H3/t18-,19+,24+/m1/s1. The second-order valence-corrected chi connectivity index (χ2v) is 9.25. The van der Waals surface area contributed by atoms with Crippen LogP contribution in [0, 0.1) is 5.92 Å². The Balaban J connectivity index is 1.48. The summed E-state index contributed by atoms with van der Waals surface area (Å²) in [5, 5.41) is 4.48. The number of fused-ring (bicyclic) bond motifs is 3. The van der Waals surface area contributed by atoms with Gasteiger partial charge in [0.2, 0.25) is 0 Å². The summed E-state index contributed by atoms with van der Waals surface area (Å²) in [6, 6.07) is 20.6. The average molecular weight is 497 g/mol. The van der Waals surface area contributed by atoms with E-state index in [0.717, 1.165) is 38.5 Å². The number of benzene rings is 3. The van der Waals surface area contributed by atoms with Crippen molar-refractivity contribution in [3.8, 4) is 11.5 Å². The van der Waals surface area contributed by atoms with Crippen LogP contribution in [0.5, 0.6) is 11.5 Å². The van der Waals surface area contributed by atoms with E-state index in [9.17, 15) is 0 Å². The Labute approximate surface area is 196 Å². The molecule has 31 heavy (non-hydrogen) atoms. The highest BCUT2D eigenvalue weighted by molar-refractivity contribution is 9.10. The zero-order valence-corrected chi connectivity index (χ0v) is 19.5. The van der Waals surface area contributed by atoms with E-state index in [-0.39, 0.29) is 6.04 Å². The first-order valence-corrected chi connectivity index (χ1v) is 11.6. The number of halogens is 2. The zero-order valence-electron chi connectivity index (χ0n) is 17.1. The maximum atomic E-state index is 6.56. The minimum Gasteiger partial charge on any atom is -0.493 e. The largest absolute Gasteiger partial charge is 0.493 e. The van der Waals surface area contributed by atoms with Crippen molar-refractivity contribution in [1.29, 1.82) is 0 Å². The van der Waals surface area contributed by atoms with Crippen LogP contribution < -0.4 is 14.8 Å². The van der Waals surface area contributed by atoms with Crippen LogP contribution >= 0.6 is 27.5 Å². The lowest BCUT2D eigenvalue weighted by Gasteiger charge is -2.38. The first-order valence-electron chi connectivity index (χ1n) is 10.4. The van der Waals surface area contributed by atoms with Gasteiger partial charge < -0.3 is 14.8 Å². The van der Waals surface area contributed by atoms with Crippen molar-refractivity contribution >= 4 is 33.2 Å². The van der Waals surface area contributed by atoms with Gasteiger partial charge in [-0.1, -0.05) is 66.2 Å². The number of allylic oxidation sites excluding steroid dienone is 2. The lowest BCUT2D eigenvalue weighted by molar-refractivity contribution is 0.282. The highest BCUT2D eigenvalue weighted by Gasteiger charge is 2.39. The summed E-state index contributed by atoms with van der Waals surface area (Å²) in [4.78, 5) is 0. The summed E-state index contributed by atoms with van der Waals surface area (Å²) in [5.74, 6) is 2.22. The molecule has 0 radical (unpaired) electrons. The number of para-hydroxylation sites is 1. The van der Waals surface area contributed by atoms with E-state index >= 15 is 0 Å². The molecule has 0 saturated heterocycles. The molecule has 3 aromatic carbocycles. The molecule has 1 heterocycles. The summed E-state index contributed by atoms with van der Waals surface area (Å²) in [5.41, 5.74) is 4.57. The maximum Gasteiger partial charge on any atom is 0.175 e. The van der Waals surface area contributed by atoms with Crippen molar-refractivity contribution in [2.24, 2.45) is 5.92 Å². The Kier molecular flexibility index (Phi) is 5.68. The molecule has 3 nitrogen and oxygen atoms in total. The van der Waals surface area contributed by atoms with E-state index in [1.165, 1.54) is 5.56 Å². The molecule has 1 aliphatic carbocycles. The fraction of sp³-hybridized carbons (Fsp3) is 0.231. The smallest absolute Gasteiger partial charge is 0.175 e. The van der Waals surface area contributed by atoms with E-state index in [1.54, 1.807) is 7.11 Å². The number of rotatable bonds is 5. The van der Waals surface area contributed by atoms with E-state index < -0.39 is 0 Å². The molecular formula is C26H23BrClNO2. The fourth-order valence-corrected chi connectivity index (χ4v) is 5.51. The molecule has 0 aromatic heterocycles. The van der Waals surface area contributed by atoms with Crippen LogP contribution in [0.1, 0.15) is 35.1 Å². The highest BCUT2D eigenvalue weighted by atomic mass is 79.9. The molecule has 0 fully saturated rings.